The second kappa shape index (κ2) is 7.82. The van der Waals surface area contributed by atoms with Crippen molar-refractivity contribution in [3.8, 4) is 11.3 Å². The van der Waals surface area contributed by atoms with Gasteiger partial charge in [-0.3, -0.25) is 9.48 Å². The maximum absolute atomic E-state index is 11.4. The van der Waals surface area contributed by atoms with Crippen LogP contribution in [0.2, 0.25) is 10.0 Å². The Morgan fingerprint density at radius 3 is 2.61 bits per heavy atom. The van der Waals surface area contributed by atoms with Crippen LogP contribution in [0, 0.1) is 5.92 Å². The molecule has 0 aliphatic heterocycles. The van der Waals surface area contributed by atoms with Gasteiger partial charge in [-0.25, -0.2) is 0 Å². The summed E-state index contributed by atoms with van der Waals surface area (Å²) in [7, 11) is 0. The Morgan fingerprint density at radius 1 is 1.25 bits per heavy atom. The summed E-state index contributed by atoms with van der Waals surface area (Å²) in [5.41, 5.74) is 8.23. The molecular formula is C21H19Cl2N3OS. The number of aromatic nitrogens is 2. The van der Waals surface area contributed by atoms with E-state index in [1.165, 1.54) is 0 Å². The molecule has 7 heteroatoms. The van der Waals surface area contributed by atoms with Gasteiger partial charge in [0.1, 0.15) is 5.69 Å². The molecule has 28 heavy (non-hydrogen) atoms. The molecule has 1 aliphatic carbocycles. The summed E-state index contributed by atoms with van der Waals surface area (Å²) >= 11 is 14.2. The fourth-order valence-electron chi connectivity index (χ4n) is 3.30. The highest BCUT2D eigenvalue weighted by atomic mass is 35.5. The van der Waals surface area contributed by atoms with E-state index in [9.17, 15) is 4.79 Å². The first-order valence-corrected chi connectivity index (χ1v) is 10.6. The fraction of sp³-hybridized carbons (Fsp3) is 0.238. The number of hydrogen-bond donors (Lipinski definition) is 1. The maximum Gasteiger partial charge on any atom is 0.221 e. The monoisotopic (exact) mass is 431 g/mol. The van der Waals surface area contributed by atoms with Gasteiger partial charge in [-0.15, -0.1) is 0 Å². The van der Waals surface area contributed by atoms with E-state index in [2.05, 4.69) is 6.92 Å². The Hall–Kier alpha value is -1.95. The van der Waals surface area contributed by atoms with Crippen LogP contribution in [0.15, 0.2) is 58.5 Å². The van der Waals surface area contributed by atoms with Crippen molar-refractivity contribution in [3.63, 3.8) is 0 Å². The van der Waals surface area contributed by atoms with Gasteiger partial charge in [0, 0.05) is 39.2 Å². The third kappa shape index (κ3) is 3.93. The van der Waals surface area contributed by atoms with E-state index in [0.29, 0.717) is 10.0 Å². The number of benzene rings is 2. The van der Waals surface area contributed by atoms with Crippen LogP contribution in [0.25, 0.3) is 11.3 Å². The lowest BCUT2D eigenvalue weighted by molar-refractivity contribution is -0.119. The molecule has 1 fully saturated rings. The largest absolute Gasteiger partial charge is 0.369 e. The van der Waals surface area contributed by atoms with Crippen LogP contribution in [0.3, 0.4) is 0 Å². The Labute approximate surface area is 178 Å². The Kier molecular flexibility index (Phi) is 5.41. The molecule has 1 saturated carbocycles. The van der Waals surface area contributed by atoms with Crippen molar-refractivity contribution in [2.24, 2.45) is 11.7 Å². The third-order valence-electron chi connectivity index (χ3n) is 4.92. The van der Waals surface area contributed by atoms with Crippen molar-refractivity contribution < 1.29 is 4.79 Å². The molecule has 4 nitrogen and oxygen atoms in total. The molecule has 2 atom stereocenters. The number of carbonyl (C=O) groups excluding carboxylic acids is 1. The highest BCUT2D eigenvalue weighted by molar-refractivity contribution is 7.99. The van der Waals surface area contributed by atoms with Crippen LogP contribution < -0.4 is 5.73 Å². The van der Waals surface area contributed by atoms with Crippen molar-refractivity contribution in [1.29, 1.82) is 0 Å². The quantitative estimate of drug-likeness (QED) is 0.550. The summed E-state index contributed by atoms with van der Waals surface area (Å²) in [6, 6.07) is 13.7. The first-order valence-electron chi connectivity index (χ1n) is 9.06. The third-order valence-corrected chi connectivity index (χ3v) is 6.53. The van der Waals surface area contributed by atoms with Crippen LogP contribution in [-0.4, -0.2) is 15.7 Å². The number of nitrogens with two attached hydrogens (primary N) is 1. The van der Waals surface area contributed by atoms with E-state index in [4.69, 9.17) is 34.0 Å². The predicted molar refractivity (Wildman–Crippen MR) is 114 cm³/mol. The van der Waals surface area contributed by atoms with Crippen LogP contribution >= 0.6 is 35.0 Å². The zero-order valence-electron chi connectivity index (χ0n) is 15.2. The van der Waals surface area contributed by atoms with Crippen LogP contribution in [0.5, 0.6) is 0 Å². The van der Waals surface area contributed by atoms with Gasteiger partial charge < -0.3 is 5.73 Å². The standard InChI is InChI=1S/C21H19Cl2N3OS/c1-2-26-11-19(28-14-6-4-13(22)5-7-14)20(25-26)12-3-8-15(18(23)9-12)16-10-17(16)21(24)27/h3-9,11,16-17H,2,10H2,1H3,(H2,24,27). The fourth-order valence-corrected chi connectivity index (χ4v) is 4.70. The molecule has 144 valence electrons. The molecule has 3 aromatic rings. The van der Waals surface area contributed by atoms with Gasteiger partial charge in [-0.2, -0.15) is 5.10 Å². The van der Waals surface area contributed by atoms with Gasteiger partial charge in [-0.05, 0) is 55.2 Å². The topological polar surface area (TPSA) is 60.9 Å². The van der Waals surface area contributed by atoms with Gasteiger partial charge in [0.05, 0.1) is 4.90 Å². The average Bonchev–Trinajstić information content (AvgIpc) is 3.37. The predicted octanol–water partition coefficient (Wildman–Crippen LogP) is 5.62. The molecule has 1 heterocycles. The van der Waals surface area contributed by atoms with E-state index < -0.39 is 0 Å². The molecule has 1 aliphatic rings. The molecule has 2 unspecified atom stereocenters. The lowest BCUT2D eigenvalue weighted by Crippen LogP contribution is -2.13. The van der Waals surface area contributed by atoms with E-state index >= 15 is 0 Å². The van der Waals surface area contributed by atoms with Crippen LogP contribution in [-0.2, 0) is 11.3 Å². The molecule has 1 amide bonds. The highest BCUT2D eigenvalue weighted by Gasteiger charge is 2.43. The Balaban J connectivity index is 1.65. The van der Waals surface area contributed by atoms with E-state index in [1.54, 1.807) is 11.8 Å². The zero-order valence-corrected chi connectivity index (χ0v) is 17.6. The molecule has 0 radical (unpaired) electrons. The SMILES string of the molecule is CCn1cc(Sc2ccc(Cl)cc2)c(-c2ccc(C3CC3C(N)=O)c(Cl)c2)n1. The van der Waals surface area contributed by atoms with E-state index in [0.717, 1.165) is 39.6 Å². The van der Waals surface area contributed by atoms with Crippen LogP contribution in [0.4, 0.5) is 0 Å². The molecular weight excluding hydrogens is 413 g/mol. The van der Waals surface area contributed by atoms with Crippen LogP contribution in [0.1, 0.15) is 24.8 Å². The van der Waals surface area contributed by atoms with Crippen molar-refractivity contribution >= 4 is 40.9 Å². The molecule has 2 N–H and O–H groups in total. The normalized spacial score (nSPS) is 18.2. The molecule has 0 spiro atoms. The molecule has 4 rings (SSSR count). The summed E-state index contributed by atoms with van der Waals surface area (Å²) in [6.45, 7) is 2.84. The number of hydrogen-bond acceptors (Lipinski definition) is 3. The van der Waals surface area contributed by atoms with Gasteiger partial charge in [0.2, 0.25) is 5.91 Å². The molecule has 0 bridgehead atoms. The number of aryl methyl sites for hydroxylation is 1. The average molecular weight is 432 g/mol. The molecule has 0 saturated heterocycles. The van der Waals surface area contributed by atoms with Crippen molar-refractivity contribution in [3.05, 3.63) is 64.3 Å². The Morgan fingerprint density at radius 2 is 2.00 bits per heavy atom. The summed E-state index contributed by atoms with van der Waals surface area (Å²) in [5, 5.41) is 6.09. The number of primary amides is 1. The smallest absolute Gasteiger partial charge is 0.221 e. The van der Waals surface area contributed by atoms with E-state index in [-0.39, 0.29) is 17.7 Å². The first kappa shape index (κ1) is 19.4. The summed E-state index contributed by atoms with van der Waals surface area (Å²) in [6.07, 6.45) is 2.82. The molecule has 1 aromatic heterocycles. The van der Waals surface area contributed by atoms with Crippen molar-refractivity contribution in [2.45, 2.75) is 35.6 Å². The Bertz CT molecular complexity index is 1030. The lowest BCUT2D eigenvalue weighted by atomic mass is 10.0. The minimum absolute atomic E-state index is 0.0985. The number of carbonyl (C=O) groups is 1. The van der Waals surface area contributed by atoms with Gasteiger partial charge in [0.15, 0.2) is 0 Å². The van der Waals surface area contributed by atoms with E-state index in [1.807, 2.05) is 53.3 Å². The second-order valence-corrected chi connectivity index (χ2v) is 8.80. The number of nitrogens with zero attached hydrogens (tertiary/aromatic N) is 2. The van der Waals surface area contributed by atoms with Gasteiger partial charge >= 0.3 is 0 Å². The zero-order chi connectivity index (χ0) is 19.8. The molecule has 2 aromatic carbocycles. The minimum atomic E-state index is -0.256. The highest BCUT2D eigenvalue weighted by Crippen LogP contribution is 2.50. The van der Waals surface area contributed by atoms with Crippen molar-refractivity contribution in [1.82, 2.24) is 9.78 Å². The first-order chi connectivity index (χ1) is 13.5. The summed E-state index contributed by atoms with van der Waals surface area (Å²) in [4.78, 5) is 13.5. The number of amides is 1. The minimum Gasteiger partial charge on any atom is -0.369 e. The lowest BCUT2D eigenvalue weighted by Gasteiger charge is -2.07. The number of rotatable bonds is 6. The van der Waals surface area contributed by atoms with Gasteiger partial charge in [-0.1, -0.05) is 47.1 Å². The number of halogens is 2. The second-order valence-electron chi connectivity index (χ2n) is 6.84. The van der Waals surface area contributed by atoms with Crippen molar-refractivity contribution in [2.75, 3.05) is 0 Å². The maximum atomic E-state index is 11.4. The summed E-state index contributed by atoms with van der Waals surface area (Å²) < 4.78 is 1.92. The van der Waals surface area contributed by atoms with Gasteiger partial charge in [0.25, 0.3) is 0 Å². The summed E-state index contributed by atoms with van der Waals surface area (Å²) in [5.74, 6) is -0.220.